The van der Waals surface area contributed by atoms with Gasteiger partial charge in [-0.05, 0) is 56.3 Å². The van der Waals surface area contributed by atoms with Crippen molar-refractivity contribution in [3.8, 4) is 5.75 Å². The monoisotopic (exact) mass is 291 g/mol. The Labute approximate surface area is 128 Å². The van der Waals surface area contributed by atoms with Crippen molar-refractivity contribution in [2.45, 2.75) is 64.0 Å². The van der Waals surface area contributed by atoms with Crippen molar-refractivity contribution in [3.05, 3.63) is 29.8 Å². The molecule has 2 atom stereocenters. The molecule has 2 N–H and O–H groups in total. The van der Waals surface area contributed by atoms with Gasteiger partial charge >= 0.3 is 0 Å². The van der Waals surface area contributed by atoms with Gasteiger partial charge in [-0.2, -0.15) is 0 Å². The third-order valence-electron chi connectivity index (χ3n) is 4.46. The second kappa shape index (κ2) is 7.81. The van der Waals surface area contributed by atoms with Crippen LogP contribution in [-0.4, -0.2) is 29.9 Å². The van der Waals surface area contributed by atoms with Crippen molar-refractivity contribution < 1.29 is 9.84 Å². The van der Waals surface area contributed by atoms with Gasteiger partial charge in [0, 0.05) is 12.0 Å². The summed E-state index contributed by atoms with van der Waals surface area (Å²) < 4.78 is 6.18. The van der Waals surface area contributed by atoms with E-state index in [1.54, 1.807) is 0 Å². The standard InChI is InChI=1S/C18H29NO2/c1-3-11-19-18(14-20)10-6-9-17(13-18)21-16-8-5-7-15(4-2)12-16/h5,7-8,12,17,19-20H,3-4,6,9-11,13-14H2,1-2H3. The van der Waals surface area contributed by atoms with Crippen molar-refractivity contribution in [1.29, 1.82) is 0 Å². The lowest BCUT2D eigenvalue weighted by Crippen LogP contribution is -2.53. The molecule has 21 heavy (non-hydrogen) atoms. The van der Waals surface area contributed by atoms with Crippen LogP contribution in [0.1, 0.15) is 51.5 Å². The fourth-order valence-corrected chi connectivity index (χ4v) is 3.19. The van der Waals surface area contributed by atoms with Crippen molar-refractivity contribution in [1.82, 2.24) is 5.32 Å². The minimum Gasteiger partial charge on any atom is -0.490 e. The molecular formula is C18H29NO2. The fraction of sp³-hybridized carbons (Fsp3) is 0.667. The van der Waals surface area contributed by atoms with E-state index in [1.807, 2.05) is 6.07 Å². The van der Waals surface area contributed by atoms with Crippen LogP contribution in [0, 0.1) is 0 Å². The van der Waals surface area contributed by atoms with Gasteiger partial charge in [0.15, 0.2) is 0 Å². The summed E-state index contributed by atoms with van der Waals surface area (Å²) in [6.45, 7) is 5.47. The van der Waals surface area contributed by atoms with E-state index in [0.717, 1.165) is 50.8 Å². The molecule has 0 bridgehead atoms. The van der Waals surface area contributed by atoms with E-state index in [9.17, 15) is 5.11 Å². The predicted octanol–water partition coefficient (Wildman–Crippen LogP) is 3.30. The Hall–Kier alpha value is -1.06. The molecule has 0 aliphatic heterocycles. The van der Waals surface area contributed by atoms with Crippen molar-refractivity contribution in [3.63, 3.8) is 0 Å². The van der Waals surface area contributed by atoms with Crippen LogP contribution in [0.4, 0.5) is 0 Å². The number of aliphatic hydroxyl groups is 1. The van der Waals surface area contributed by atoms with Crippen LogP contribution in [0.15, 0.2) is 24.3 Å². The smallest absolute Gasteiger partial charge is 0.119 e. The number of ether oxygens (including phenoxy) is 1. The van der Waals surface area contributed by atoms with Gasteiger partial charge < -0.3 is 15.2 Å². The van der Waals surface area contributed by atoms with Gasteiger partial charge in [-0.3, -0.25) is 0 Å². The summed E-state index contributed by atoms with van der Waals surface area (Å²) in [6.07, 6.45) is 6.42. The highest BCUT2D eigenvalue weighted by molar-refractivity contribution is 5.28. The minimum atomic E-state index is -0.151. The average molecular weight is 291 g/mol. The number of aliphatic hydroxyl groups excluding tert-OH is 1. The average Bonchev–Trinajstić information content (AvgIpc) is 2.53. The number of rotatable bonds is 7. The third-order valence-corrected chi connectivity index (χ3v) is 4.46. The molecule has 0 spiro atoms. The van der Waals surface area contributed by atoms with Crippen LogP contribution in [0.5, 0.6) is 5.75 Å². The molecular weight excluding hydrogens is 262 g/mol. The molecule has 0 radical (unpaired) electrons. The van der Waals surface area contributed by atoms with E-state index in [0.29, 0.717) is 0 Å². The second-order valence-corrected chi connectivity index (χ2v) is 6.20. The van der Waals surface area contributed by atoms with E-state index in [4.69, 9.17) is 4.74 Å². The van der Waals surface area contributed by atoms with Crippen LogP contribution >= 0.6 is 0 Å². The third kappa shape index (κ3) is 4.45. The molecule has 1 aromatic carbocycles. The van der Waals surface area contributed by atoms with Crippen molar-refractivity contribution >= 4 is 0 Å². The van der Waals surface area contributed by atoms with E-state index >= 15 is 0 Å². The lowest BCUT2D eigenvalue weighted by Gasteiger charge is -2.40. The van der Waals surface area contributed by atoms with Crippen LogP contribution < -0.4 is 10.1 Å². The molecule has 118 valence electrons. The van der Waals surface area contributed by atoms with Gasteiger partial charge in [-0.15, -0.1) is 0 Å². The minimum absolute atomic E-state index is 0.151. The summed E-state index contributed by atoms with van der Waals surface area (Å²) in [4.78, 5) is 0. The predicted molar refractivity (Wildman–Crippen MR) is 86.8 cm³/mol. The van der Waals surface area contributed by atoms with Crippen LogP contribution in [0.2, 0.25) is 0 Å². The Bertz CT molecular complexity index is 435. The topological polar surface area (TPSA) is 41.5 Å². The lowest BCUT2D eigenvalue weighted by molar-refractivity contribution is 0.0511. The zero-order valence-corrected chi connectivity index (χ0v) is 13.4. The molecule has 1 saturated carbocycles. The highest BCUT2D eigenvalue weighted by Crippen LogP contribution is 2.31. The van der Waals surface area contributed by atoms with Crippen LogP contribution in [-0.2, 0) is 6.42 Å². The van der Waals surface area contributed by atoms with Gasteiger partial charge in [0.2, 0.25) is 0 Å². The zero-order chi connectivity index (χ0) is 15.1. The molecule has 1 aliphatic rings. The Balaban J connectivity index is 1.99. The summed E-state index contributed by atoms with van der Waals surface area (Å²) in [6, 6.07) is 8.36. The SMILES string of the molecule is CCCNC1(CO)CCCC(Oc2cccc(CC)c2)C1. The van der Waals surface area contributed by atoms with Gasteiger partial charge in [-0.25, -0.2) is 0 Å². The van der Waals surface area contributed by atoms with E-state index in [-0.39, 0.29) is 18.2 Å². The van der Waals surface area contributed by atoms with E-state index in [2.05, 4.69) is 37.4 Å². The first kappa shape index (κ1) is 16.3. The van der Waals surface area contributed by atoms with Gasteiger partial charge in [-0.1, -0.05) is 26.0 Å². The van der Waals surface area contributed by atoms with Gasteiger partial charge in [0.1, 0.15) is 11.9 Å². The highest BCUT2D eigenvalue weighted by atomic mass is 16.5. The van der Waals surface area contributed by atoms with E-state index in [1.165, 1.54) is 5.56 Å². The Kier molecular flexibility index (Phi) is 6.07. The summed E-state index contributed by atoms with van der Waals surface area (Å²) in [5.41, 5.74) is 1.15. The first-order valence-electron chi connectivity index (χ1n) is 8.33. The number of hydrogen-bond donors (Lipinski definition) is 2. The van der Waals surface area contributed by atoms with Crippen LogP contribution in [0.3, 0.4) is 0 Å². The summed E-state index contributed by atoms with van der Waals surface area (Å²) >= 11 is 0. The first-order chi connectivity index (χ1) is 10.2. The molecule has 2 unspecified atom stereocenters. The molecule has 0 aromatic heterocycles. The molecule has 1 aliphatic carbocycles. The number of nitrogens with one attached hydrogen (secondary N) is 1. The van der Waals surface area contributed by atoms with Crippen LogP contribution in [0.25, 0.3) is 0 Å². The summed E-state index contributed by atoms with van der Waals surface area (Å²) in [5, 5.41) is 13.4. The van der Waals surface area contributed by atoms with Crippen molar-refractivity contribution in [2.24, 2.45) is 0 Å². The first-order valence-corrected chi connectivity index (χ1v) is 8.33. The molecule has 3 heteroatoms. The van der Waals surface area contributed by atoms with Gasteiger partial charge in [0.05, 0.1) is 6.61 Å². The molecule has 1 aromatic rings. The Morgan fingerprint density at radius 1 is 1.38 bits per heavy atom. The maximum Gasteiger partial charge on any atom is 0.119 e. The molecule has 0 heterocycles. The zero-order valence-electron chi connectivity index (χ0n) is 13.4. The molecule has 3 nitrogen and oxygen atoms in total. The van der Waals surface area contributed by atoms with Crippen molar-refractivity contribution in [2.75, 3.05) is 13.2 Å². The highest BCUT2D eigenvalue weighted by Gasteiger charge is 2.36. The normalized spacial score (nSPS) is 25.8. The van der Waals surface area contributed by atoms with Gasteiger partial charge in [0.25, 0.3) is 0 Å². The summed E-state index contributed by atoms with van der Waals surface area (Å²) in [7, 11) is 0. The Morgan fingerprint density at radius 3 is 2.95 bits per heavy atom. The molecule has 1 fully saturated rings. The quantitative estimate of drug-likeness (QED) is 0.810. The maximum absolute atomic E-state index is 9.82. The summed E-state index contributed by atoms with van der Waals surface area (Å²) in [5.74, 6) is 0.962. The maximum atomic E-state index is 9.82. The number of hydrogen-bond acceptors (Lipinski definition) is 3. The Morgan fingerprint density at radius 2 is 2.24 bits per heavy atom. The second-order valence-electron chi connectivity index (χ2n) is 6.20. The molecule has 0 saturated heterocycles. The fourth-order valence-electron chi connectivity index (χ4n) is 3.19. The number of aryl methyl sites for hydroxylation is 1. The lowest BCUT2D eigenvalue weighted by atomic mass is 9.80. The molecule has 2 rings (SSSR count). The number of benzene rings is 1. The largest absolute Gasteiger partial charge is 0.490 e. The van der Waals surface area contributed by atoms with E-state index < -0.39 is 0 Å². The molecule has 0 amide bonds.